The van der Waals surface area contributed by atoms with Crippen molar-refractivity contribution >= 4 is 0 Å². The van der Waals surface area contributed by atoms with Crippen molar-refractivity contribution in [3.8, 4) is 0 Å². The first kappa shape index (κ1) is 44.9. The number of hydrogen-bond acceptors (Lipinski definition) is 10. The van der Waals surface area contributed by atoms with Crippen LogP contribution in [0.25, 0.3) is 0 Å². The summed E-state index contributed by atoms with van der Waals surface area (Å²) in [5, 5.41) is 41.7. The summed E-state index contributed by atoms with van der Waals surface area (Å²) in [6, 6.07) is 0. The van der Waals surface area contributed by atoms with Crippen molar-refractivity contribution in [2.24, 2.45) is 0 Å². The zero-order valence-electron chi connectivity index (χ0n) is 21.1. The third-order valence-electron chi connectivity index (χ3n) is 2.04. The van der Waals surface area contributed by atoms with Crippen LogP contribution in [0.5, 0.6) is 0 Å². The molecule has 0 aliphatic heterocycles. The first-order valence-electron chi connectivity index (χ1n) is 10.3. The van der Waals surface area contributed by atoms with Crippen molar-refractivity contribution in [2.75, 3.05) is 33.0 Å². The first-order valence-corrected chi connectivity index (χ1v) is 10.3. The summed E-state index contributed by atoms with van der Waals surface area (Å²) >= 11 is 0. The maximum absolute atomic E-state index is 8.33. The van der Waals surface area contributed by atoms with Crippen LogP contribution in [0.15, 0.2) is 0 Å². The molecule has 5 N–H and O–H groups in total. The Kier molecular flexibility index (Phi) is 58.9. The molecule has 5 unspecified atom stereocenters. The minimum absolute atomic E-state index is 0. The summed E-state index contributed by atoms with van der Waals surface area (Å²) in [4.78, 5) is 0. The molecule has 11 heteroatoms. The van der Waals surface area contributed by atoms with Crippen molar-refractivity contribution in [3.05, 3.63) is 0 Å². The second-order valence-electron chi connectivity index (χ2n) is 5.27. The fourth-order valence-electron chi connectivity index (χ4n) is 1.21. The maximum atomic E-state index is 8.33. The zero-order valence-corrected chi connectivity index (χ0v) is 24.4. The number of hydrogen-bond donors (Lipinski definition) is 5. The molecular formula is C20H50O10Ta. The molecule has 0 amide bonds. The van der Waals surface area contributed by atoms with Gasteiger partial charge < -0.3 is 49.2 Å². The number of ether oxygens (including phenoxy) is 5. The quantitative estimate of drug-likeness (QED) is 0.226. The van der Waals surface area contributed by atoms with E-state index in [1.54, 1.807) is 34.6 Å². The molecule has 0 aromatic heterocycles. The maximum Gasteiger partial charge on any atom is 0.151 e. The van der Waals surface area contributed by atoms with Gasteiger partial charge in [0, 0.05) is 55.4 Å². The van der Waals surface area contributed by atoms with Crippen molar-refractivity contribution in [1.29, 1.82) is 0 Å². The third-order valence-corrected chi connectivity index (χ3v) is 2.04. The predicted octanol–water partition coefficient (Wildman–Crippen LogP) is 1.80. The zero-order chi connectivity index (χ0) is 25.0. The van der Waals surface area contributed by atoms with E-state index in [0.717, 1.165) is 0 Å². The van der Waals surface area contributed by atoms with Gasteiger partial charge in [-0.05, 0) is 69.2 Å². The summed E-state index contributed by atoms with van der Waals surface area (Å²) < 4.78 is 23.0. The van der Waals surface area contributed by atoms with Gasteiger partial charge in [0.2, 0.25) is 0 Å². The van der Waals surface area contributed by atoms with Gasteiger partial charge in [-0.1, -0.05) is 0 Å². The Hall–Kier alpha value is 0.340. The van der Waals surface area contributed by atoms with E-state index >= 15 is 0 Å². The molecule has 0 saturated carbocycles. The fourth-order valence-corrected chi connectivity index (χ4v) is 1.21. The van der Waals surface area contributed by atoms with Gasteiger partial charge in [-0.25, -0.2) is 0 Å². The fraction of sp³-hybridized carbons (Fsp3) is 1.00. The molecule has 0 bridgehead atoms. The Morgan fingerprint density at radius 1 is 0.387 bits per heavy atom. The summed E-state index contributed by atoms with van der Waals surface area (Å²) in [6.07, 6.45) is -3.01. The van der Waals surface area contributed by atoms with Crippen LogP contribution in [0.4, 0.5) is 0 Å². The molecule has 0 heterocycles. The summed E-state index contributed by atoms with van der Waals surface area (Å²) in [5.41, 5.74) is 0. The van der Waals surface area contributed by atoms with E-state index in [1.165, 1.54) is 0 Å². The van der Waals surface area contributed by atoms with E-state index in [4.69, 9.17) is 25.5 Å². The van der Waals surface area contributed by atoms with Crippen LogP contribution in [-0.4, -0.2) is 90.0 Å². The van der Waals surface area contributed by atoms with Crippen molar-refractivity contribution in [2.45, 2.75) is 101 Å². The Bertz CT molecular complexity index is 198. The average molecular weight is 632 g/mol. The number of rotatable bonds is 10. The number of aliphatic hydroxyl groups excluding tert-OH is 5. The largest absolute Gasteiger partial charge is 0.368 e. The average Bonchev–Trinajstić information content (AvgIpc) is 2.56. The van der Waals surface area contributed by atoms with E-state index in [1.807, 2.05) is 34.6 Å². The Labute approximate surface area is 205 Å². The van der Waals surface area contributed by atoms with Gasteiger partial charge in [0.1, 0.15) is 0 Å². The van der Waals surface area contributed by atoms with Gasteiger partial charge in [0.15, 0.2) is 31.5 Å². The Balaban J connectivity index is -0.0000000625. The van der Waals surface area contributed by atoms with Crippen LogP contribution in [0.1, 0.15) is 69.2 Å². The molecule has 195 valence electrons. The summed E-state index contributed by atoms with van der Waals surface area (Å²) in [5.74, 6) is 0. The molecule has 0 aromatic carbocycles. The van der Waals surface area contributed by atoms with Crippen LogP contribution in [0, 0.1) is 0 Å². The standard InChI is InChI=1S/5C4H10O2.Ta/c5*1-3-6-4(2)5;/h5*4-5H,3H2,1-2H3;. The topological polar surface area (TPSA) is 147 Å². The van der Waals surface area contributed by atoms with E-state index in [9.17, 15) is 0 Å². The van der Waals surface area contributed by atoms with Gasteiger partial charge in [-0.2, -0.15) is 0 Å². The van der Waals surface area contributed by atoms with Crippen LogP contribution >= 0.6 is 0 Å². The van der Waals surface area contributed by atoms with Crippen LogP contribution < -0.4 is 0 Å². The SMILES string of the molecule is CCOC(C)O.CCOC(C)O.CCOC(C)O.CCOC(C)O.CCOC(C)O.[Ta]. The molecule has 0 aliphatic carbocycles. The molecule has 0 aromatic rings. The molecule has 0 fully saturated rings. The van der Waals surface area contributed by atoms with Crippen molar-refractivity contribution in [1.82, 2.24) is 0 Å². The molecule has 0 spiro atoms. The molecule has 31 heavy (non-hydrogen) atoms. The van der Waals surface area contributed by atoms with Crippen LogP contribution in [-0.2, 0) is 46.1 Å². The molecule has 10 nitrogen and oxygen atoms in total. The van der Waals surface area contributed by atoms with Gasteiger partial charge >= 0.3 is 0 Å². The normalized spacial score (nSPS) is 14.0. The monoisotopic (exact) mass is 631 g/mol. The molecular weight excluding hydrogens is 581 g/mol. The second-order valence-corrected chi connectivity index (χ2v) is 5.27. The summed E-state index contributed by atoms with van der Waals surface area (Å²) in [6.45, 7) is 20.0. The number of aliphatic hydroxyl groups is 5. The van der Waals surface area contributed by atoms with Crippen molar-refractivity contribution < 1.29 is 71.6 Å². The van der Waals surface area contributed by atoms with E-state index < -0.39 is 31.5 Å². The molecule has 0 aliphatic rings. The van der Waals surface area contributed by atoms with E-state index in [2.05, 4.69) is 23.7 Å². The molecule has 0 saturated heterocycles. The second kappa shape index (κ2) is 40.7. The molecule has 1 radical (unpaired) electrons. The third kappa shape index (κ3) is 104. The Morgan fingerprint density at radius 3 is 0.484 bits per heavy atom. The smallest absolute Gasteiger partial charge is 0.151 e. The van der Waals surface area contributed by atoms with Crippen LogP contribution in [0.2, 0.25) is 0 Å². The minimum atomic E-state index is -0.602. The van der Waals surface area contributed by atoms with Gasteiger partial charge in [0.05, 0.1) is 0 Å². The van der Waals surface area contributed by atoms with E-state index in [-0.39, 0.29) is 22.4 Å². The first-order chi connectivity index (χ1) is 13.9. The van der Waals surface area contributed by atoms with Crippen molar-refractivity contribution in [3.63, 3.8) is 0 Å². The van der Waals surface area contributed by atoms with Gasteiger partial charge in [-0.3, -0.25) is 0 Å². The van der Waals surface area contributed by atoms with Gasteiger partial charge in [-0.15, -0.1) is 0 Å². The molecule has 5 atom stereocenters. The predicted molar refractivity (Wildman–Crippen MR) is 117 cm³/mol. The van der Waals surface area contributed by atoms with Gasteiger partial charge in [0.25, 0.3) is 0 Å². The minimum Gasteiger partial charge on any atom is -0.368 e. The summed E-state index contributed by atoms with van der Waals surface area (Å²) in [7, 11) is 0. The molecule has 0 rings (SSSR count). The Morgan fingerprint density at radius 2 is 0.484 bits per heavy atom. The van der Waals surface area contributed by atoms with E-state index in [0.29, 0.717) is 33.0 Å². The van der Waals surface area contributed by atoms with Crippen LogP contribution in [0.3, 0.4) is 0 Å².